The molecular weight excluding hydrogens is 410 g/mol. The Morgan fingerprint density at radius 3 is 2.42 bits per heavy atom. The van der Waals surface area contributed by atoms with Gasteiger partial charge < -0.3 is 10.2 Å². The van der Waals surface area contributed by atoms with E-state index in [0.29, 0.717) is 17.7 Å². The van der Waals surface area contributed by atoms with E-state index >= 15 is 0 Å². The van der Waals surface area contributed by atoms with Crippen LogP contribution in [0, 0.1) is 11.3 Å². The molecule has 6 nitrogen and oxygen atoms in total. The van der Waals surface area contributed by atoms with Crippen molar-refractivity contribution in [3.63, 3.8) is 0 Å². The third kappa shape index (κ3) is 7.02. The largest absolute Gasteiger partial charge is 0.372 e. The molecule has 180 valence electrons. The zero-order chi connectivity index (χ0) is 24.4. The number of aryl methyl sites for hydroxylation is 1. The Morgan fingerprint density at radius 2 is 1.88 bits per heavy atom. The van der Waals surface area contributed by atoms with Crippen molar-refractivity contribution < 1.29 is 6.22 Å². The van der Waals surface area contributed by atoms with Crippen LogP contribution in [0.25, 0.3) is 0 Å². The molecule has 0 radical (unpaired) electrons. The van der Waals surface area contributed by atoms with Gasteiger partial charge in [-0.3, -0.25) is 4.79 Å². The van der Waals surface area contributed by atoms with E-state index in [1.165, 1.54) is 0 Å². The fourth-order valence-corrected chi connectivity index (χ4v) is 4.23. The van der Waals surface area contributed by atoms with E-state index in [2.05, 4.69) is 60.4 Å². The third-order valence-electron chi connectivity index (χ3n) is 6.22. The van der Waals surface area contributed by atoms with Crippen LogP contribution < -0.4 is 10.2 Å². The highest BCUT2D eigenvalue weighted by atomic mass is 16.2. The van der Waals surface area contributed by atoms with Gasteiger partial charge in [0.1, 0.15) is 0 Å². The lowest BCUT2D eigenvalue weighted by Crippen LogP contribution is -2.43. The number of amides is 1. The molecule has 1 amide bonds. The van der Waals surface area contributed by atoms with Crippen LogP contribution in [0.5, 0.6) is 0 Å². The third-order valence-corrected chi connectivity index (χ3v) is 6.22. The lowest BCUT2D eigenvalue weighted by Gasteiger charge is -2.36. The minimum atomic E-state index is -0.143. The number of hydrogen-bond acceptors (Lipinski definition) is 5. The van der Waals surface area contributed by atoms with Gasteiger partial charge in [-0.25, -0.2) is 0 Å². The lowest BCUT2D eigenvalue weighted by atomic mass is 9.89. The Hall–Kier alpha value is -2.94. The molecule has 6 heteroatoms. The first kappa shape index (κ1) is 26.3. The highest BCUT2D eigenvalue weighted by molar-refractivity contribution is 5.92. The topological polar surface area (TPSA) is 81.9 Å². The number of anilines is 1. The molecule has 3 rings (SSSR count). The van der Waals surface area contributed by atoms with Gasteiger partial charge in [-0.2, -0.15) is 10.4 Å². The van der Waals surface area contributed by atoms with E-state index in [9.17, 15) is 10.1 Å². The molecule has 0 aliphatic heterocycles. The Bertz CT molecular complexity index is 931. The number of benzene rings is 1. The average Bonchev–Trinajstić information content (AvgIpc) is 2.85. The van der Waals surface area contributed by atoms with E-state index in [-0.39, 0.29) is 13.4 Å². The Kier molecular flexibility index (Phi) is 10.3. The molecule has 1 fully saturated rings. The highest BCUT2D eigenvalue weighted by Crippen LogP contribution is 2.28. The zero-order valence-corrected chi connectivity index (χ0v) is 21.1. The maximum absolute atomic E-state index is 12.5. The normalized spacial score (nSPS) is 17.5. The minimum Gasteiger partial charge on any atom is -0.372 e. The molecule has 0 unspecified atom stereocenters. The molecule has 2 aromatic rings. The Labute approximate surface area is 200 Å². The summed E-state index contributed by atoms with van der Waals surface area (Å²) in [5.41, 5.74) is 4.33. The highest BCUT2D eigenvalue weighted by Gasteiger charge is 2.26. The maximum Gasteiger partial charge on any atom is 0.272 e. The Balaban J connectivity index is 0.00000188. The maximum atomic E-state index is 12.5. The number of nitrogens with zero attached hydrogens (tertiary/aromatic N) is 4. The van der Waals surface area contributed by atoms with Crippen molar-refractivity contribution in [1.82, 2.24) is 15.5 Å². The molecule has 33 heavy (non-hydrogen) atoms. The van der Waals surface area contributed by atoms with E-state index < -0.39 is 0 Å². The summed E-state index contributed by atoms with van der Waals surface area (Å²) in [7, 11) is 2.13. The van der Waals surface area contributed by atoms with Crippen molar-refractivity contribution in [1.29, 1.82) is 5.26 Å². The molecule has 0 bridgehead atoms. The fourth-order valence-electron chi connectivity index (χ4n) is 4.23. The van der Waals surface area contributed by atoms with Gasteiger partial charge in [0.15, 0.2) is 5.69 Å². The second kappa shape index (κ2) is 12.9. The van der Waals surface area contributed by atoms with Gasteiger partial charge in [0.25, 0.3) is 5.91 Å². The van der Waals surface area contributed by atoms with Crippen LogP contribution in [-0.4, -0.2) is 35.2 Å². The molecule has 1 N–H and O–H groups in total. The summed E-state index contributed by atoms with van der Waals surface area (Å²) in [6, 6.07) is 12.7. The molecular formula is C27H41N5O. The van der Waals surface area contributed by atoms with Crippen LogP contribution in [-0.2, 0) is 6.42 Å². The summed E-state index contributed by atoms with van der Waals surface area (Å²) in [4.78, 5) is 14.9. The molecule has 1 aliphatic carbocycles. The summed E-state index contributed by atoms with van der Waals surface area (Å²) in [5.74, 6) is 0.155. The fraction of sp³-hybridized carbons (Fsp3) is 0.556. The summed E-state index contributed by atoms with van der Waals surface area (Å²) < 4.78 is 0. The van der Waals surface area contributed by atoms with Crippen molar-refractivity contribution in [2.24, 2.45) is 0 Å². The van der Waals surface area contributed by atoms with Crippen LogP contribution in [0.1, 0.15) is 101 Å². The lowest BCUT2D eigenvalue weighted by molar-refractivity contribution is 0.0919. The van der Waals surface area contributed by atoms with E-state index in [1.807, 2.05) is 32.0 Å². The molecule has 1 aromatic carbocycles. The van der Waals surface area contributed by atoms with Crippen molar-refractivity contribution in [2.45, 2.75) is 91.1 Å². The standard InChI is InChI=1S/C25H33N5O.C2H6.H2/c1-5-6-18-15-22(10-7-19(18)16-26)30(4)21-11-8-20(9-12-21)27-25(31)24-14-13-23(17(2)3)28-29-24;1-2;/h7,10,13-15,17,20-21H,5-6,8-9,11-12H2,1-4H3,(H,27,31);1-2H3;1H. The number of nitrogens with one attached hydrogen (secondary N) is 1. The van der Waals surface area contributed by atoms with Crippen LogP contribution in [0.3, 0.4) is 0 Å². The number of carbonyl (C=O) groups is 1. The van der Waals surface area contributed by atoms with Crippen molar-refractivity contribution >= 4 is 11.6 Å². The molecule has 1 aromatic heterocycles. The summed E-state index contributed by atoms with van der Waals surface area (Å²) in [6.07, 6.45) is 5.86. The molecule has 1 heterocycles. The van der Waals surface area contributed by atoms with Crippen LogP contribution in [0.15, 0.2) is 30.3 Å². The van der Waals surface area contributed by atoms with Gasteiger partial charge in [0.2, 0.25) is 0 Å². The molecule has 1 saturated carbocycles. The first-order chi connectivity index (χ1) is 15.9. The number of rotatable bonds is 7. The number of aromatic nitrogens is 2. The number of nitriles is 1. The molecule has 0 atom stereocenters. The zero-order valence-electron chi connectivity index (χ0n) is 21.1. The number of carbonyl (C=O) groups excluding carboxylic acids is 1. The van der Waals surface area contributed by atoms with Crippen LogP contribution >= 0.6 is 0 Å². The average molecular weight is 452 g/mol. The Morgan fingerprint density at radius 1 is 1.18 bits per heavy atom. The summed E-state index contributed by atoms with van der Waals surface area (Å²) >= 11 is 0. The number of hydrogen-bond donors (Lipinski definition) is 1. The van der Waals surface area contributed by atoms with Crippen molar-refractivity contribution in [3.8, 4) is 6.07 Å². The SMILES string of the molecule is CC.CCCc1cc(N(C)C2CCC(NC(=O)c3ccc(C(C)C)nn3)CC2)ccc1C#N.[HH]. The predicted octanol–water partition coefficient (Wildman–Crippen LogP) is 5.87. The summed E-state index contributed by atoms with van der Waals surface area (Å²) in [5, 5.41) is 20.7. The van der Waals surface area contributed by atoms with Gasteiger partial charge in [-0.05, 0) is 73.9 Å². The second-order valence-corrected chi connectivity index (χ2v) is 8.79. The van der Waals surface area contributed by atoms with Gasteiger partial charge in [0.05, 0.1) is 17.3 Å². The minimum absolute atomic E-state index is 0. The molecule has 1 aliphatic rings. The van der Waals surface area contributed by atoms with Gasteiger partial charge in [-0.15, -0.1) is 5.10 Å². The van der Waals surface area contributed by atoms with Crippen molar-refractivity contribution in [2.75, 3.05) is 11.9 Å². The first-order valence-electron chi connectivity index (χ1n) is 12.3. The van der Waals surface area contributed by atoms with E-state index in [0.717, 1.165) is 61.0 Å². The smallest absolute Gasteiger partial charge is 0.272 e. The quantitative estimate of drug-likeness (QED) is 0.569. The molecule has 0 saturated heterocycles. The van der Waals surface area contributed by atoms with Crippen LogP contribution in [0.4, 0.5) is 5.69 Å². The monoisotopic (exact) mass is 451 g/mol. The predicted molar refractivity (Wildman–Crippen MR) is 137 cm³/mol. The van der Waals surface area contributed by atoms with Gasteiger partial charge >= 0.3 is 0 Å². The van der Waals surface area contributed by atoms with Crippen LogP contribution in [0.2, 0.25) is 0 Å². The first-order valence-corrected chi connectivity index (χ1v) is 12.3. The van der Waals surface area contributed by atoms with Gasteiger partial charge in [0, 0.05) is 26.2 Å². The molecule has 0 spiro atoms. The second-order valence-electron chi connectivity index (χ2n) is 8.79. The summed E-state index contributed by atoms with van der Waals surface area (Å²) in [6.45, 7) is 10.3. The van der Waals surface area contributed by atoms with E-state index in [4.69, 9.17) is 0 Å². The van der Waals surface area contributed by atoms with Crippen molar-refractivity contribution in [3.05, 3.63) is 52.8 Å². The van der Waals surface area contributed by atoms with E-state index in [1.54, 1.807) is 6.07 Å². The van der Waals surface area contributed by atoms with Gasteiger partial charge in [-0.1, -0.05) is 41.0 Å².